The first-order valence-electron chi connectivity index (χ1n) is 7.91. The van der Waals surface area contributed by atoms with Crippen LogP contribution in [-0.4, -0.2) is 25.8 Å². The first-order valence-corrected chi connectivity index (χ1v) is 8.70. The zero-order chi connectivity index (χ0) is 18.2. The maximum absolute atomic E-state index is 11.8. The number of halogens is 1. The van der Waals surface area contributed by atoms with Gasteiger partial charge in [-0.3, -0.25) is 4.79 Å². The van der Waals surface area contributed by atoms with Gasteiger partial charge in [-0.05, 0) is 76.3 Å². The Morgan fingerprint density at radius 2 is 2.00 bits per heavy atom. The van der Waals surface area contributed by atoms with Crippen molar-refractivity contribution in [1.82, 2.24) is 5.43 Å². The van der Waals surface area contributed by atoms with E-state index in [9.17, 15) is 4.79 Å². The minimum Gasteiger partial charge on any atom is -0.496 e. The Bertz CT molecular complexity index is 775. The summed E-state index contributed by atoms with van der Waals surface area (Å²) in [4.78, 5) is 11.8. The number of hydrogen-bond donors (Lipinski definition) is 1. The average Bonchev–Trinajstić information content (AvgIpc) is 2.60. The van der Waals surface area contributed by atoms with Crippen LogP contribution in [0.25, 0.3) is 0 Å². The topological polar surface area (TPSA) is 59.9 Å². The van der Waals surface area contributed by atoms with Gasteiger partial charge in [-0.25, -0.2) is 5.43 Å². The third kappa shape index (κ3) is 5.60. The van der Waals surface area contributed by atoms with Gasteiger partial charge < -0.3 is 9.47 Å². The summed E-state index contributed by atoms with van der Waals surface area (Å²) in [7, 11) is 1.63. The number of methoxy groups -OCH3 is 1. The number of hydrogen-bond acceptors (Lipinski definition) is 4. The quantitative estimate of drug-likeness (QED) is 0.562. The van der Waals surface area contributed by atoms with Crippen LogP contribution in [0.5, 0.6) is 11.5 Å². The molecule has 0 aliphatic heterocycles. The van der Waals surface area contributed by atoms with Crippen molar-refractivity contribution in [3.8, 4) is 11.5 Å². The van der Waals surface area contributed by atoms with Crippen molar-refractivity contribution >= 4 is 28.1 Å². The summed E-state index contributed by atoms with van der Waals surface area (Å²) in [6, 6.07) is 11.5. The van der Waals surface area contributed by atoms with E-state index in [1.54, 1.807) is 13.3 Å². The minimum absolute atomic E-state index is 0.108. The number of nitrogens with one attached hydrogen (secondary N) is 1. The molecule has 2 aromatic carbocycles. The van der Waals surface area contributed by atoms with Crippen LogP contribution < -0.4 is 14.9 Å². The molecule has 0 aliphatic rings. The number of ether oxygens (including phenoxy) is 2. The summed E-state index contributed by atoms with van der Waals surface area (Å²) >= 11 is 3.44. The minimum atomic E-state index is -0.326. The van der Waals surface area contributed by atoms with Crippen LogP contribution in [0.1, 0.15) is 23.6 Å². The van der Waals surface area contributed by atoms with E-state index in [1.165, 1.54) is 5.56 Å². The molecule has 0 saturated heterocycles. The van der Waals surface area contributed by atoms with Crippen molar-refractivity contribution in [2.75, 3.05) is 13.7 Å². The fraction of sp³-hybridized carbons (Fsp3) is 0.263. The molecule has 1 N–H and O–H groups in total. The Balaban J connectivity index is 1.85. The van der Waals surface area contributed by atoms with Crippen molar-refractivity contribution in [3.05, 3.63) is 57.6 Å². The van der Waals surface area contributed by atoms with Crippen LogP contribution in [0, 0.1) is 6.92 Å². The first kappa shape index (κ1) is 19.0. The van der Waals surface area contributed by atoms with Gasteiger partial charge in [-0.15, -0.1) is 0 Å². The predicted molar refractivity (Wildman–Crippen MR) is 102 cm³/mol. The number of carbonyl (C=O) groups excluding carboxylic acids is 1. The highest BCUT2D eigenvalue weighted by Gasteiger charge is 2.05. The number of aryl methyl sites for hydroxylation is 2. The molecule has 0 radical (unpaired) electrons. The summed E-state index contributed by atoms with van der Waals surface area (Å²) in [6.07, 6.45) is 2.52. The van der Waals surface area contributed by atoms with Gasteiger partial charge in [0.25, 0.3) is 5.91 Å². The summed E-state index contributed by atoms with van der Waals surface area (Å²) in [5, 5.41) is 3.94. The maximum atomic E-state index is 11.8. The predicted octanol–water partition coefficient (Wildman–Crippen LogP) is 3.86. The van der Waals surface area contributed by atoms with Gasteiger partial charge in [-0.2, -0.15) is 5.10 Å². The van der Waals surface area contributed by atoms with Crippen LogP contribution in [-0.2, 0) is 11.2 Å². The van der Waals surface area contributed by atoms with Gasteiger partial charge in [0.15, 0.2) is 6.61 Å². The van der Waals surface area contributed by atoms with E-state index in [0.717, 1.165) is 27.8 Å². The molecule has 0 fully saturated rings. The number of amides is 1. The normalized spacial score (nSPS) is 10.7. The standard InChI is InChI=1S/C19H21BrN2O3/c1-4-14-5-8-18(16(20)10-14)25-12-19(23)22-21-11-15-6-7-17(24-3)13(2)9-15/h5-11H,4,12H2,1-3H3,(H,22,23)/b21-11+. The second-order valence-electron chi connectivity index (χ2n) is 5.43. The highest BCUT2D eigenvalue weighted by molar-refractivity contribution is 9.10. The third-order valence-electron chi connectivity index (χ3n) is 3.59. The second-order valence-corrected chi connectivity index (χ2v) is 6.28. The summed E-state index contributed by atoms with van der Waals surface area (Å²) < 4.78 is 11.5. The zero-order valence-corrected chi connectivity index (χ0v) is 16.1. The molecule has 1 amide bonds. The summed E-state index contributed by atoms with van der Waals surface area (Å²) in [5.74, 6) is 1.12. The Kier molecular flexibility index (Phi) is 7.01. The molecular formula is C19H21BrN2O3. The molecule has 0 atom stereocenters. The highest BCUT2D eigenvalue weighted by Crippen LogP contribution is 2.26. The molecule has 5 nitrogen and oxygen atoms in total. The molecule has 0 spiro atoms. The van der Waals surface area contributed by atoms with Crippen LogP contribution in [0.15, 0.2) is 46.0 Å². The molecule has 0 saturated carbocycles. The lowest BCUT2D eigenvalue weighted by atomic mass is 10.1. The molecule has 0 aliphatic carbocycles. The van der Waals surface area contributed by atoms with E-state index in [1.807, 2.05) is 43.3 Å². The lowest BCUT2D eigenvalue weighted by Gasteiger charge is -2.08. The Hall–Kier alpha value is -2.34. The first-order chi connectivity index (χ1) is 12.0. The number of rotatable bonds is 7. The van der Waals surface area contributed by atoms with E-state index >= 15 is 0 Å². The van der Waals surface area contributed by atoms with Crippen molar-refractivity contribution in [3.63, 3.8) is 0 Å². The van der Waals surface area contributed by atoms with Gasteiger partial charge in [0.2, 0.25) is 0 Å². The number of carbonyl (C=O) groups is 1. The zero-order valence-electron chi connectivity index (χ0n) is 14.5. The molecule has 0 bridgehead atoms. The smallest absolute Gasteiger partial charge is 0.277 e. The van der Waals surface area contributed by atoms with E-state index in [0.29, 0.717) is 5.75 Å². The molecule has 132 valence electrons. The Morgan fingerprint density at radius 3 is 2.64 bits per heavy atom. The van der Waals surface area contributed by atoms with E-state index in [-0.39, 0.29) is 12.5 Å². The maximum Gasteiger partial charge on any atom is 0.277 e. The summed E-state index contributed by atoms with van der Waals surface area (Å²) in [6.45, 7) is 3.92. The second kappa shape index (κ2) is 9.22. The average molecular weight is 405 g/mol. The molecule has 25 heavy (non-hydrogen) atoms. The van der Waals surface area contributed by atoms with Crippen LogP contribution in [0.3, 0.4) is 0 Å². The van der Waals surface area contributed by atoms with Crippen molar-refractivity contribution < 1.29 is 14.3 Å². The molecular weight excluding hydrogens is 384 g/mol. The van der Waals surface area contributed by atoms with Gasteiger partial charge >= 0.3 is 0 Å². The van der Waals surface area contributed by atoms with Gasteiger partial charge in [0, 0.05) is 0 Å². The van der Waals surface area contributed by atoms with E-state index in [4.69, 9.17) is 9.47 Å². The third-order valence-corrected chi connectivity index (χ3v) is 4.20. The van der Waals surface area contributed by atoms with E-state index in [2.05, 4.69) is 33.4 Å². The van der Waals surface area contributed by atoms with E-state index < -0.39 is 0 Å². The number of hydrazone groups is 1. The van der Waals surface area contributed by atoms with Gasteiger partial charge in [0.1, 0.15) is 11.5 Å². The van der Waals surface area contributed by atoms with Crippen LogP contribution in [0.4, 0.5) is 0 Å². The molecule has 2 aromatic rings. The molecule has 6 heteroatoms. The molecule has 2 rings (SSSR count). The van der Waals surface area contributed by atoms with Crippen LogP contribution in [0.2, 0.25) is 0 Å². The highest BCUT2D eigenvalue weighted by atomic mass is 79.9. The van der Waals surface area contributed by atoms with Crippen molar-refractivity contribution in [1.29, 1.82) is 0 Å². The number of nitrogens with zero attached hydrogens (tertiary/aromatic N) is 1. The molecule has 0 heterocycles. The summed E-state index contributed by atoms with van der Waals surface area (Å²) in [5.41, 5.74) is 5.52. The lowest BCUT2D eigenvalue weighted by Crippen LogP contribution is -2.24. The van der Waals surface area contributed by atoms with Crippen LogP contribution >= 0.6 is 15.9 Å². The lowest BCUT2D eigenvalue weighted by molar-refractivity contribution is -0.123. The molecule has 0 aromatic heterocycles. The number of benzene rings is 2. The van der Waals surface area contributed by atoms with Gasteiger partial charge in [0.05, 0.1) is 17.8 Å². The van der Waals surface area contributed by atoms with Crippen molar-refractivity contribution in [2.45, 2.75) is 20.3 Å². The Labute approximate surface area is 156 Å². The SMILES string of the molecule is CCc1ccc(OCC(=O)N/N=C/c2ccc(OC)c(C)c2)c(Br)c1. The largest absolute Gasteiger partial charge is 0.496 e. The van der Waals surface area contributed by atoms with Crippen molar-refractivity contribution in [2.24, 2.45) is 5.10 Å². The molecule has 0 unspecified atom stereocenters. The fourth-order valence-electron chi connectivity index (χ4n) is 2.22. The Morgan fingerprint density at radius 1 is 1.24 bits per heavy atom. The monoisotopic (exact) mass is 404 g/mol. The van der Waals surface area contributed by atoms with Gasteiger partial charge in [-0.1, -0.05) is 13.0 Å². The fourth-order valence-corrected chi connectivity index (χ4v) is 2.76.